The third-order valence-electron chi connectivity index (χ3n) is 3.68. The normalized spacial score (nSPS) is 20.8. The second-order valence-corrected chi connectivity index (χ2v) is 5.49. The molecule has 2 N–H and O–H groups in total. The lowest BCUT2D eigenvalue weighted by molar-refractivity contribution is 0.0516. The first-order valence-corrected chi connectivity index (χ1v) is 7.11. The number of halogens is 1. The fourth-order valence-electron chi connectivity index (χ4n) is 2.62. The van der Waals surface area contributed by atoms with Gasteiger partial charge in [-0.2, -0.15) is 0 Å². The summed E-state index contributed by atoms with van der Waals surface area (Å²) in [5, 5.41) is 19.5. The van der Waals surface area contributed by atoms with E-state index >= 15 is 0 Å². The van der Waals surface area contributed by atoms with Gasteiger partial charge in [0.05, 0.1) is 12.2 Å². The number of β-amino-alcohol motifs (C(OH)–C–C–N with tert-alkyl or cyclic N) is 2. The molecule has 0 saturated carbocycles. The van der Waals surface area contributed by atoms with E-state index in [1.54, 1.807) is 25.1 Å². The molecule has 0 radical (unpaired) electrons. The summed E-state index contributed by atoms with van der Waals surface area (Å²) in [5.41, 5.74) is 0.360. The Morgan fingerprint density at radius 2 is 1.60 bits per heavy atom. The van der Waals surface area contributed by atoms with Crippen LogP contribution < -0.4 is 0 Å². The van der Waals surface area contributed by atoms with E-state index in [4.69, 9.17) is 0 Å². The highest BCUT2D eigenvalue weighted by Gasteiger charge is 2.21. The third kappa shape index (κ3) is 4.24. The molecule has 1 aromatic rings. The molecule has 4 nitrogen and oxygen atoms in total. The van der Waals surface area contributed by atoms with Crippen LogP contribution >= 0.6 is 0 Å². The fourth-order valence-corrected chi connectivity index (χ4v) is 2.62. The molecule has 0 aliphatic carbocycles. The summed E-state index contributed by atoms with van der Waals surface area (Å²) in [6, 6.07) is 6.37. The van der Waals surface area contributed by atoms with Crippen LogP contribution in [-0.2, 0) is 0 Å². The van der Waals surface area contributed by atoms with Crippen molar-refractivity contribution in [2.45, 2.75) is 19.1 Å². The summed E-state index contributed by atoms with van der Waals surface area (Å²) in [7, 11) is 0. The Hall–Kier alpha value is -1.01. The van der Waals surface area contributed by atoms with Crippen LogP contribution in [0.5, 0.6) is 0 Å². The van der Waals surface area contributed by atoms with Gasteiger partial charge in [0.15, 0.2) is 0 Å². The van der Waals surface area contributed by atoms with Gasteiger partial charge in [-0.15, -0.1) is 0 Å². The number of hydrogen-bond donors (Lipinski definition) is 2. The van der Waals surface area contributed by atoms with Gasteiger partial charge >= 0.3 is 0 Å². The zero-order valence-electron chi connectivity index (χ0n) is 11.9. The maximum Gasteiger partial charge on any atom is 0.129 e. The molecule has 0 aromatic heterocycles. The molecule has 0 unspecified atom stereocenters. The molecule has 1 heterocycles. The van der Waals surface area contributed by atoms with E-state index in [0.717, 1.165) is 26.2 Å². The maximum atomic E-state index is 13.6. The topological polar surface area (TPSA) is 46.9 Å². The molecule has 1 aliphatic heterocycles. The quantitative estimate of drug-likeness (QED) is 0.841. The zero-order chi connectivity index (χ0) is 14.5. The Bertz CT molecular complexity index is 420. The summed E-state index contributed by atoms with van der Waals surface area (Å²) in [4.78, 5) is 4.34. The Morgan fingerprint density at radius 1 is 1.05 bits per heavy atom. The van der Waals surface area contributed by atoms with Crippen molar-refractivity contribution in [1.82, 2.24) is 9.80 Å². The van der Waals surface area contributed by atoms with Gasteiger partial charge in [0.2, 0.25) is 0 Å². The standard InChI is InChI=1S/C15H23FN2O2/c1-12(19)10-17-6-8-18(9-7-17)11-15(20)13-4-2-3-5-14(13)16/h2-5,12,15,19-20H,6-11H2,1H3/t12-,15+/m1/s1. The molecule has 2 rings (SSSR count). The lowest BCUT2D eigenvalue weighted by Gasteiger charge is -2.36. The van der Waals surface area contributed by atoms with Crippen LogP contribution in [-0.4, -0.2) is 65.4 Å². The average molecular weight is 282 g/mol. The van der Waals surface area contributed by atoms with Crippen LogP contribution in [0.2, 0.25) is 0 Å². The van der Waals surface area contributed by atoms with E-state index in [-0.39, 0.29) is 11.9 Å². The first kappa shape index (κ1) is 15.4. The lowest BCUT2D eigenvalue weighted by atomic mass is 10.1. The highest BCUT2D eigenvalue weighted by Crippen LogP contribution is 2.18. The Balaban J connectivity index is 1.82. The van der Waals surface area contributed by atoms with Crippen LogP contribution in [0.4, 0.5) is 4.39 Å². The molecule has 5 heteroatoms. The second-order valence-electron chi connectivity index (χ2n) is 5.49. The SMILES string of the molecule is C[C@@H](O)CN1CCN(C[C@H](O)c2ccccc2F)CC1. The van der Waals surface area contributed by atoms with Crippen LogP contribution in [0.15, 0.2) is 24.3 Å². The Labute approximate surface area is 119 Å². The summed E-state index contributed by atoms with van der Waals surface area (Å²) in [5.74, 6) is -0.354. The minimum atomic E-state index is -0.792. The molecule has 20 heavy (non-hydrogen) atoms. The number of rotatable bonds is 5. The van der Waals surface area contributed by atoms with E-state index in [9.17, 15) is 14.6 Å². The molecule has 0 amide bonds. The van der Waals surface area contributed by atoms with Gasteiger partial charge in [-0.1, -0.05) is 18.2 Å². The fraction of sp³-hybridized carbons (Fsp3) is 0.600. The van der Waals surface area contributed by atoms with Gasteiger partial charge in [-0.05, 0) is 13.0 Å². The van der Waals surface area contributed by atoms with Crippen molar-refractivity contribution >= 4 is 0 Å². The first-order valence-electron chi connectivity index (χ1n) is 7.11. The minimum absolute atomic E-state index is 0.314. The maximum absolute atomic E-state index is 13.6. The van der Waals surface area contributed by atoms with Crippen molar-refractivity contribution < 1.29 is 14.6 Å². The second kappa shape index (κ2) is 7.13. The molecule has 1 aromatic carbocycles. The smallest absolute Gasteiger partial charge is 0.129 e. The monoisotopic (exact) mass is 282 g/mol. The predicted octanol–water partition coefficient (Wildman–Crippen LogP) is 0.857. The first-order chi connectivity index (χ1) is 9.56. The summed E-state index contributed by atoms with van der Waals surface area (Å²) in [6.45, 7) is 6.32. The van der Waals surface area contributed by atoms with Crippen molar-refractivity contribution in [2.24, 2.45) is 0 Å². The van der Waals surface area contributed by atoms with Crippen LogP contribution in [0, 0.1) is 5.82 Å². The third-order valence-corrected chi connectivity index (χ3v) is 3.68. The van der Waals surface area contributed by atoms with E-state index in [1.807, 2.05) is 0 Å². The van der Waals surface area contributed by atoms with E-state index in [1.165, 1.54) is 6.07 Å². The lowest BCUT2D eigenvalue weighted by Crippen LogP contribution is -2.49. The molecule has 112 valence electrons. The van der Waals surface area contributed by atoms with Crippen molar-refractivity contribution in [3.8, 4) is 0 Å². The summed E-state index contributed by atoms with van der Waals surface area (Å²) < 4.78 is 13.6. The highest BCUT2D eigenvalue weighted by molar-refractivity contribution is 5.20. The van der Waals surface area contributed by atoms with Crippen molar-refractivity contribution in [3.05, 3.63) is 35.6 Å². The van der Waals surface area contributed by atoms with Gasteiger partial charge < -0.3 is 10.2 Å². The molecule has 0 bridgehead atoms. The van der Waals surface area contributed by atoms with Gasteiger partial charge in [0.1, 0.15) is 5.82 Å². The van der Waals surface area contributed by atoms with Crippen molar-refractivity contribution in [1.29, 1.82) is 0 Å². The Morgan fingerprint density at radius 3 is 2.15 bits per heavy atom. The van der Waals surface area contributed by atoms with Crippen molar-refractivity contribution in [3.63, 3.8) is 0 Å². The minimum Gasteiger partial charge on any atom is -0.392 e. The number of piperazine rings is 1. The molecule has 1 fully saturated rings. The molecule has 2 atom stereocenters. The van der Waals surface area contributed by atoms with Gasteiger partial charge in [-0.3, -0.25) is 9.80 Å². The number of hydrogen-bond acceptors (Lipinski definition) is 4. The molecule has 0 spiro atoms. The largest absolute Gasteiger partial charge is 0.392 e. The van der Waals surface area contributed by atoms with Crippen LogP contribution in [0.1, 0.15) is 18.6 Å². The van der Waals surface area contributed by atoms with Crippen molar-refractivity contribution in [2.75, 3.05) is 39.3 Å². The van der Waals surface area contributed by atoms with E-state index in [2.05, 4.69) is 9.80 Å². The predicted molar refractivity (Wildman–Crippen MR) is 75.9 cm³/mol. The zero-order valence-corrected chi connectivity index (χ0v) is 11.9. The van der Waals surface area contributed by atoms with Crippen LogP contribution in [0.25, 0.3) is 0 Å². The average Bonchev–Trinajstić information content (AvgIpc) is 2.41. The van der Waals surface area contributed by atoms with Gasteiger partial charge in [0, 0.05) is 44.8 Å². The van der Waals surface area contributed by atoms with E-state index in [0.29, 0.717) is 18.7 Å². The molecular formula is C15H23FN2O2. The van der Waals surface area contributed by atoms with Gasteiger partial charge in [-0.25, -0.2) is 4.39 Å². The number of nitrogens with zero attached hydrogens (tertiary/aromatic N) is 2. The molecule has 1 aliphatic rings. The molecular weight excluding hydrogens is 259 g/mol. The Kier molecular flexibility index (Phi) is 5.48. The number of aliphatic hydroxyl groups is 2. The summed E-state index contributed by atoms with van der Waals surface area (Å²) in [6.07, 6.45) is -1.11. The van der Waals surface area contributed by atoms with Gasteiger partial charge in [0.25, 0.3) is 0 Å². The van der Waals surface area contributed by atoms with Crippen LogP contribution in [0.3, 0.4) is 0 Å². The van der Waals surface area contributed by atoms with E-state index < -0.39 is 6.10 Å². The number of aliphatic hydroxyl groups excluding tert-OH is 2. The highest BCUT2D eigenvalue weighted by atomic mass is 19.1. The molecule has 1 saturated heterocycles. The summed E-state index contributed by atoms with van der Waals surface area (Å²) >= 11 is 0. The number of benzene rings is 1.